The minimum atomic E-state index is -1.26. The molecule has 0 aromatic heterocycles. The van der Waals surface area contributed by atoms with Gasteiger partial charge < -0.3 is 25.4 Å². The zero-order valence-electron chi connectivity index (χ0n) is 16.6. The molecule has 2 aliphatic rings. The number of ether oxygens (including phenoxy) is 1. The van der Waals surface area contributed by atoms with Crippen LogP contribution in [0.2, 0.25) is 0 Å². The van der Waals surface area contributed by atoms with Crippen molar-refractivity contribution in [1.29, 1.82) is 0 Å². The summed E-state index contributed by atoms with van der Waals surface area (Å²) in [4.78, 5) is 19.1. The minimum Gasteiger partial charge on any atom is -0.478 e. The predicted molar refractivity (Wildman–Crippen MR) is 110 cm³/mol. The highest BCUT2D eigenvalue weighted by molar-refractivity contribution is 5.89. The van der Waals surface area contributed by atoms with Gasteiger partial charge in [-0.05, 0) is 48.7 Å². The Morgan fingerprint density at radius 1 is 1.00 bits per heavy atom. The van der Waals surface area contributed by atoms with Crippen molar-refractivity contribution in [3.8, 4) is 0 Å². The van der Waals surface area contributed by atoms with Crippen LogP contribution in [-0.4, -0.2) is 40.9 Å². The average molecular weight is 411 g/mol. The lowest BCUT2D eigenvalue weighted by molar-refractivity contribution is -0.134. The predicted octanol–water partition coefficient (Wildman–Crippen LogP) is 2.76. The second-order valence-electron chi connectivity index (χ2n) is 7.20. The number of carbonyl (C=O) groups is 2. The fourth-order valence-electron chi connectivity index (χ4n) is 4.17. The third-order valence-electron chi connectivity index (χ3n) is 5.36. The van der Waals surface area contributed by atoms with Crippen molar-refractivity contribution in [3.63, 3.8) is 0 Å². The van der Waals surface area contributed by atoms with Gasteiger partial charge in [0.15, 0.2) is 0 Å². The number of rotatable bonds is 6. The summed E-state index contributed by atoms with van der Waals surface area (Å²) in [6.07, 6.45) is 2.23. The van der Waals surface area contributed by atoms with E-state index >= 15 is 0 Å². The number of fused-ring (bicyclic) bond motifs is 7. The Morgan fingerprint density at radius 3 is 2.10 bits per heavy atom. The normalized spacial score (nSPS) is 23.3. The van der Waals surface area contributed by atoms with Gasteiger partial charge in [-0.1, -0.05) is 48.5 Å². The molecule has 0 aliphatic carbocycles. The maximum atomic E-state index is 10.7. The van der Waals surface area contributed by atoms with Gasteiger partial charge in [0.25, 0.3) is 0 Å². The van der Waals surface area contributed by atoms with E-state index in [9.17, 15) is 14.7 Å². The molecule has 0 saturated carbocycles. The number of aliphatic hydroxyl groups excluding tert-OH is 1. The highest BCUT2D eigenvalue weighted by Crippen LogP contribution is 2.58. The van der Waals surface area contributed by atoms with E-state index in [-0.39, 0.29) is 6.10 Å². The highest BCUT2D eigenvalue weighted by Gasteiger charge is 2.53. The maximum Gasteiger partial charge on any atom is 0.328 e. The molecule has 4 N–H and O–H groups in total. The molecular formula is C23H25NO6. The van der Waals surface area contributed by atoms with Crippen LogP contribution in [0.15, 0.2) is 60.7 Å². The van der Waals surface area contributed by atoms with Gasteiger partial charge in [-0.25, -0.2) is 9.59 Å². The first-order chi connectivity index (χ1) is 14.4. The Hall–Kier alpha value is -3.00. The van der Waals surface area contributed by atoms with Crippen molar-refractivity contribution in [3.05, 3.63) is 82.9 Å². The topological polar surface area (TPSA) is 116 Å². The van der Waals surface area contributed by atoms with E-state index < -0.39 is 23.6 Å². The van der Waals surface area contributed by atoms with Gasteiger partial charge >= 0.3 is 11.9 Å². The number of nitrogens with one attached hydrogen (secondary N) is 1. The Balaban J connectivity index is 0.000000275. The van der Waals surface area contributed by atoms with E-state index in [4.69, 9.17) is 14.9 Å². The summed E-state index contributed by atoms with van der Waals surface area (Å²) in [6.45, 7) is 0.961. The zero-order valence-corrected chi connectivity index (χ0v) is 16.6. The standard InChI is InChI=1S/C19H21NO2.C4H4O4/c1-20-12-6-11-19-15-9-4-2-7-13(15)17(21)18(22-19)14-8-3-5-10-16(14)19;5-3(6)1-2-4(7)8/h2-5,7-10,17-18,20-21H,6,11-12H2,1H3;1-2H,(H,5,6)(H,7,8)/b;2-1-. The highest BCUT2D eigenvalue weighted by atomic mass is 16.5. The molecule has 0 radical (unpaired) electrons. The first kappa shape index (κ1) is 21.7. The first-order valence-electron chi connectivity index (χ1n) is 9.74. The van der Waals surface area contributed by atoms with Crippen LogP contribution < -0.4 is 5.32 Å². The van der Waals surface area contributed by atoms with Gasteiger partial charge in [0.05, 0.1) is 0 Å². The number of aliphatic hydroxyl groups is 1. The van der Waals surface area contributed by atoms with Crippen LogP contribution in [-0.2, 0) is 19.9 Å². The largest absolute Gasteiger partial charge is 0.478 e. The second-order valence-corrected chi connectivity index (χ2v) is 7.20. The molecule has 2 aromatic rings. The van der Waals surface area contributed by atoms with Crippen molar-refractivity contribution in [2.75, 3.05) is 13.6 Å². The third-order valence-corrected chi connectivity index (χ3v) is 5.36. The molecule has 2 bridgehead atoms. The molecule has 3 atom stereocenters. The summed E-state index contributed by atoms with van der Waals surface area (Å²) in [5.41, 5.74) is 4.09. The lowest BCUT2D eigenvalue weighted by Crippen LogP contribution is -2.34. The fraction of sp³-hybridized carbons (Fsp3) is 0.304. The molecule has 2 heterocycles. The molecule has 0 saturated heterocycles. The summed E-state index contributed by atoms with van der Waals surface area (Å²) < 4.78 is 6.46. The van der Waals surface area contributed by atoms with E-state index in [2.05, 4.69) is 29.6 Å². The summed E-state index contributed by atoms with van der Waals surface area (Å²) in [5, 5.41) is 29.6. The van der Waals surface area contributed by atoms with Crippen LogP contribution >= 0.6 is 0 Å². The van der Waals surface area contributed by atoms with Crippen LogP contribution in [0, 0.1) is 0 Å². The number of aliphatic carboxylic acids is 2. The van der Waals surface area contributed by atoms with E-state index in [0.29, 0.717) is 12.2 Å². The molecule has 30 heavy (non-hydrogen) atoms. The Labute approximate surface area is 174 Å². The molecular weight excluding hydrogens is 386 g/mol. The minimum absolute atomic E-state index is 0.249. The Kier molecular flexibility index (Phi) is 6.66. The molecule has 2 aromatic carbocycles. The van der Waals surface area contributed by atoms with Crippen LogP contribution in [0.4, 0.5) is 0 Å². The van der Waals surface area contributed by atoms with Crippen molar-refractivity contribution in [1.82, 2.24) is 5.32 Å². The van der Waals surface area contributed by atoms with Gasteiger partial charge in [-0.15, -0.1) is 0 Å². The quantitative estimate of drug-likeness (QED) is 0.427. The number of hydrogen-bond acceptors (Lipinski definition) is 5. The number of benzene rings is 2. The van der Waals surface area contributed by atoms with Gasteiger partial charge in [-0.3, -0.25) is 0 Å². The molecule has 0 fully saturated rings. The van der Waals surface area contributed by atoms with E-state index in [1.807, 2.05) is 31.3 Å². The van der Waals surface area contributed by atoms with Crippen LogP contribution in [0.1, 0.15) is 47.3 Å². The molecule has 158 valence electrons. The Bertz CT molecular complexity index is 940. The van der Waals surface area contributed by atoms with E-state index in [0.717, 1.165) is 36.1 Å². The van der Waals surface area contributed by atoms with Gasteiger partial charge in [-0.2, -0.15) is 0 Å². The smallest absolute Gasteiger partial charge is 0.328 e. The Morgan fingerprint density at radius 2 is 1.53 bits per heavy atom. The second kappa shape index (κ2) is 9.21. The lowest BCUT2D eigenvalue weighted by Gasteiger charge is -2.39. The zero-order chi connectivity index (χ0) is 21.7. The summed E-state index contributed by atoms with van der Waals surface area (Å²) in [6, 6.07) is 16.5. The maximum absolute atomic E-state index is 10.7. The number of carboxylic acid groups (broad SMARTS) is 2. The molecule has 3 unspecified atom stereocenters. The average Bonchev–Trinajstić information content (AvgIpc) is 3.04. The SMILES string of the molecule is CNCCCC12OC(c3ccccc31)C(O)c1ccccc12.O=C(O)/C=C\C(=O)O. The monoisotopic (exact) mass is 411 g/mol. The van der Waals surface area contributed by atoms with E-state index in [1.54, 1.807) is 0 Å². The molecule has 7 heteroatoms. The first-order valence-corrected chi connectivity index (χ1v) is 9.74. The molecule has 7 nitrogen and oxygen atoms in total. The molecule has 4 rings (SSSR count). The number of hydrogen-bond donors (Lipinski definition) is 4. The summed E-state index contributed by atoms with van der Waals surface area (Å²) in [5.74, 6) is -2.51. The number of carboxylic acids is 2. The molecule has 2 aliphatic heterocycles. The van der Waals surface area contributed by atoms with Crippen LogP contribution in [0.5, 0.6) is 0 Å². The van der Waals surface area contributed by atoms with Gasteiger partial charge in [0, 0.05) is 12.2 Å². The molecule has 0 amide bonds. The van der Waals surface area contributed by atoms with Gasteiger partial charge in [0.1, 0.15) is 17.8 Å². The van der Waals surface area contributed by atoms with Crippen molar-refractivity contribution < 1.29 is 29.6 Å². The van der Waals surface area contributed by atoms with Crippen LogP contribution in [0.3, 0.4) is 0 Å². The van der Waals surface area contributed by atoms with Crippen molar-refractivity contribution >= 4 is 11.9 Å². The summed E-state index contributed by atoms with van der Waals surface area (Å²) in [7, 11) is 1.97. The van der Waals surface area contributed by atoms with E-state index in [1.165, 1.54) is 5.56 Å². The van der Waals surface area contributed by atoms with Gasteiger partial charge in [0.2, 0.25) is 0 Å². The molecule has 0 spiro atoms. The lowest BCUT2D eigenvalue weighted by atomic mass is 9.80. The third kappa shape index (κ3) is 4.14. The van der Waals surface area contributed by atoms with Crippen molar-refractivity contribution in [2.45, 2.75) is 30.7 Å². The van der Waals surface area contributed by atoms with Crippen LogP contribution in [0.25, 0.3) is 0 Å². The fourth-order valence-corrected chi connectivity index (χ4v) is 4.17. The summed E-state index contributed by atoms with van der Waals surface area (Å²) >= 11 is 0. The van der Waals surface area contributed by atoms with Crippen molar-refractivity contribution in [2.24, 2.45) is 0 Å².